The summed E-state index contributed by atoms with van der Waals surface area (Å²) in [5.74, 6) is 0. The molecule has 0 N–H and O–H groups in total. The van der Waals surface area contributed by atoms with E-state index in [1.165, 1.54) is 4.57 Å². The Morgan fingerprint density at radius 3 is 1.34 bits per heavy atom. The van der Waals surface area contributed by atoms with Crippen LogP contribution in [0.2, 0.25) is 0 Å². The molecule has 0 aliphatic heterocycles. The van der Waals surface area contributed by atoms with Gasteiger partial charge in [-0.3, -0.25) is 0 Å². The molecule has 0 atom stereocenters. The van der Waals surface area contributed by atoms with Crippen molar-refractivity contribution in [3.63, 3.8) is 0 Å². The fourth-order valence-corrected chi connectivity index (χ4v) is 6.73. The van der Waals surface area contributed by atoms with Crippen molar-refractivity contribution in [1.82, 2.24) is 9.13 Å². The number of hydrogen-bond acceptors (Lipinski definition) is 0. The molecule has 8 aromatic carbocycles. The zero-order valence-electron chi connectivity index (χ0n) is 41.2. The molecule has 0 aliphatic rings. The van der Waals surface area contributed by atoms with E-state index < -0.39 is 96.3 Å². The van der Waals surface area contributed by atoms with Gasteiger partial charge in [0.05, 0.1) is 42.6 Å². The first-order valence-corrected chi connectivity index (χ1v) is 16.0. The van der Waals surface area contributed by atoms with Gasteiger partial charge in [-0.25, -0.2) is 0 Å². The molecule has 2 heterocycles. The lowest BCUT2D eigenvalue weighted by molar-refractivity contribution is 1.17. The minimum atomic E-state index is -0.707. The number of fused-ring (bicyclic) bond motifs is 6. The van der Waals surface area contributed by atoms with Gasteiger partial charge < -0.3 is 9.13 Å². The van der Waals surface area contributed by atoms with Crippen LogP contribution in [0.4, 0.5) is 0 Å². The number of hydrogen-bond donors (Lipinski definition) is 0. The van der Waals surface area contributed by atoms with Crippen LogP contribution >= 0.6 is 0 Å². The van der Waals surface area contributed by atoms with Crippen molar-refractivity contribution in [2.75, 3.05) is 0 Å². The molecule has 0 amide bonds. The lowest BCUT2D eigenvalue weighted by Crippen LogP contribution is -1.97. The number of para-hydroxylation sites is 3. The molecule has 10 rings (SSSR count). The van der Waals surface area contributed by atoms with Crippen molar-refractivity contribution in [2.45, 2.75) is 0 Å². The molecule has 234 valence electrons. The van der Waals surface area contributed by atoms with Gasteiger partial charge in [0, 0.05) is 32.9 Å². The second-order valence-corrected chi connectivity index (χ2v) is 11.9. The second kappa shape index (κ2) is 11.5. The summed E-state index contributed by atoms with van der Waals surface area (Å²) in [6.45, 7) is 0. The summed E-state index contributed by atoms with van der Waals surface area (Å²) in [6, 6.07) is 23.5. The predicted octanol–water partition coefficient (Wildman–Crippen LogP) is 12.9. The highest BCUT2D eigenvalue weighted by atomic mass is 15.0. The Kier molecular flexibility index (Phi) is 3.95. The third kappa shape index (κ3) is 4.57. The highest BCUT2D eigenvalue weighted by Crippen LogP contribution is 2.39. The van der Waals surface area contributed by atoms with Crippen LogP contribution in [0, 0.1) is 0 Å². The van der Waals surface area contributed by atoms with Gasteiger partial charge in [-0.1, -0.05) is 133 Å². The fourth-order valence-electron chi connectivity index (χ4n) is 6.73. The quantitative estimate of drug-likeness (QED) is 0.175. The Morgan fingerprint density at radius 1 is 0.320 bits per heavy atom. The lowest BCUT2D eigenvalue weighted by Gasteiger charge is -2.15. The highest BCUT2D eigenvalue weighted by Gasteiger charge is 2.17. The van der Waals surface area contributed by atoms with E-state index in [0.717, 1.165) is 26.8 Å². The van der Waals surface area contributed by atoms with E-state index >= 15 is 0 Å². The molecule has 0 fully saturated rings. The average Bonchev–Trinajstić information content (AvgIpc) is 3.88. The van der Waals surface area contributed by atoms with Gasteiger partial charge in [0.25, 0.3) is 0 Å². The van der Waals surface area contributed by atoms with Crippen LogP contribution in [-0.2, 0) is 0 Å². The van der Waals surface area contributed by atoms with Gasteiger partial charge in [-0.15, -0.1) is 0 Å². The summed E-state index contributed by atoms with van der Waals surface area (Å²) in [5.41, 5.74) is 3.91. The smallest absolute Gasteiger partial charge is 0.0652 e. The van der Waals surface area contributed by atoms with Gasteiger partial charge in [-0.2, -0.15) is 0 Å². The van der Waals surface area contributed by atoms with E-state index in [1.54, 1.807) is 6.07 Å². The van der Waals surface area contributed by atoms with Crippen LogP contribution in [0.5, 0.6) is 0 Å². The Balaban J connectivity index is 1.39. The monoisotopic (exact) mass is 651 g/mol. The first-order valence-electron chi connectivity index (χ1n) is 23.5. The molecule has 2 heteroatoms. The molecule has 0 radical (unpaired) electrons. The van der Waals surface area contributed by atoms with Crippen LogP contribution in [-0.4, -0.2) is 9.13 Å². The van der Waals surface area contributed by atoms with Gasteiger partial charge in [0.2, 0.25) is 0 Å². The van der Waals surface area contributed by atoms with Crippen molar-refractivity contribution in [3.05, 3.63) is 194 Å². The normalized spacial score (nSPS) is 15.8. The van der Waals surface area contributed by atoms with E-state index in [2.05, 4.69) is 0 Å². The first-order chi connectivity index (χ1) is 31.0. The molecule has 0 unspecified atom stereocenters. The van der Waals surface area contributed by atoms with Gasteiger partial charge >= 0.3 is 0 Å². The van der Waals surface area contributed by atoms with Gasteiger partial charge in [0.15, 0.2) is 0 Å². The van der Waals surface area contributed by atoms with Gasteiger partial charge in [-0.05, 0) is 93.9 Å². The maximum Gasteiger partial charge on any atom is 0.0652 e. The number of benzene rings is 8. The van der Waals surface area contributed by atoms with Crippen LogP contribution < -0.4 is 0 Å². The van der Waals surface area contributed by atoms with E-state index in [-0.39, 0.29) is 43.6 Å². The third-order valence-electron chi connectivity index (χ3n) is 8.99. The summed E-state index contributed by atoms with van der Waals surface area (Å²) >= 11 is 0. The van der Waals surface area contributed by atoms with Gasteiger partial charge in [0.1, 0.15) is 0 Å². The van der Waals surface area contributed by atoms with E-state index in [0.29, 0.717) is 16.8 Å². The summed E-state index contributed by atoms with van der Waals surface area (Å²) < 4.78 is 138. The number of aromatic nitrogens is 2. The Hall–Kier alpha value is -6.64. The van der Waals surface area contributed by atoms with Crippen LogP contribution in [0.25, 0.3) is 88.4 Å². The molecule has 2 nitrogen and oxygen atoms in total. The molecule has 0 spiro atoms. The average molecular weight is 652 g/mol. The Labute approximate surface area is 311 Å². The van der Waals surface area contributed by atoms with Crippen LogP contribution in [0.1, 0.15) is 20.6 Å². The molecule has 0 bridgehead atoms. The SMILES string of the molecule is [2H]c1c([2H])c([2H])c2c(c1[2H])c1c([2H])c(-n3c4c([2H])c([2H])c([2H])c([2H])c4c4c([2H])c([2H])c([2H])c([2H])c43)c([2H])c([2H])c1n2-c1cc(-c2ccccc2)cc(-c2cccc(-c3ccccc3)c2)c1. The zero-order valence-corrected chi connectivity index (χ0v) is 26.2. The molecule has 0 saturated carbocycles. The van der Waals surface area contributed by atoms with E-state index in [1.807, 2.05) is 97.1 Å². The highest BCUT2D eigenvalue weighted by molar-refractivity contribution is 6.12. The first kappa shape index (κ1) is 17.1. The van der Waals surface area contributed by atoms with Crippen LogP contribution in [0.15, 0.2) is 194 Å². The van der Waals surface area contributed by atoms with E-state index in [9.17, 15) is 6.85 Å². The number of nitrogens with zero attached hydrogens (tertiary/aromatic N) is 2. The molecule has 10 aromatic rings. The molecule has 0 aliphatic carbocycles. The van der Waals surface area contributed by atoms with Crippen molar-refractivity contribution in [2.24, 2.45) is 0 Å². The van der Waals surface area contributed by atoms with Crippen molar-refractivity contribution >= 4 is 43.6 Å². The largest absolute Gasteiger partial charge is 0.309 e. The standard InChI is InChI=1S/C48H32N2/c1-3-14-33(15-4-1)35-18-13-19-36(28-35)38-29-37(34-16-5-2-6-17-34)30-40(31-38)50-47-25-12-9-22-43(47)44-32-39(26-27-48(44)50)49-45-23-10-7-20-41(45)42-21-8-11-24-46(42)49/h1-32H/i7D,8D,9D,10D,11D,12D,20D,21D,22D,23D,24D,25D,26D,27D,32D. The van der Waals surface area contributed by atoms with Crippen molar-refractivity contribution in [3.8, 4) is 44.8 Å². The number of rotatable bonds is 5. The lowest BCUT2D eigenvalue weighted by atomic mass is 9.95. The van der Waals surface area contributed by atoms with Crippen LogP contribution in [0.3, 0.4) is 0 Å². The summed E-state index contributed by atoms with van der Waals surface area (Å²) in [7, 11) is 0. The Morgan fingerprint density at radius 2 is 0.740 bits per heavy atom. The topological polar surface area (TPSA) is 9.86 Å². The maximum absolute atomic E-state index is 9.98. The molecular weight excluding hydrogens is 605 g/mol. The van der Waals surface area contributed by atoms with E-state index in [4.69, 9.17) is 13.7 Å². The Bertz CT molecular complexity index is 3630. The zero-order chi connectivity index (χ0) is 46.1. The molecule has 2 aromatic heterocycles. The minimum absolute atomic E-state index is 0.0928. The summed E-state index contributed by atoms with van der Waals surface area (Å²) in [4.78, 5) is 0. The minimum Gasteiger partial charge on any atom is -0.309 e. The predicted molar refractivity (Wildman–Crippen MR) is 211 cm³/mol. The molecule has 50 heavy (non-hydrogen) atoms. The van der Waals surface area contributed by atoms with Crippen molar-refractivity contribution in [1.29, 1.82) is 0 Å². The molecule has 0 saturated heterocycles. The molecular formula is C48H32N2. The fraction of sp³-hybridized carbons (Fsp3) is 0. The maximum atomic E-state index is 9.98. The van der Waals surface area contributed by atoms with Crippen molar-refractivity contribution < 1.29 is 20.6 Å². The second-order valence-electron chi connectivity index (χ2n) is 11.9. The summed E-state index contributed by atoms with van der Waals surface area (Å²) in [5, 5.41) is -0.908. The summed E-state index contributed by atoms with van der Waals surface area (Å²) in [6.07, 6.45) is 0. The third-order valence-corrected chi connectivity index (χ3v) is 8.99.